The molecule has 4 heteroatoms. The predicted molar refractivity (Wildman–Crippen MR) is 70.0 cm³/mol. The number of carboxylic acids is 1. The summed E-state index contributed by atoms with van der Waals surface area (Å²) in [6.45, 7) is 4.08. The molecule has 18 heavy (non-hydrogen) atoms. The Morgan fingerprint density at radius 3 is 2.83 bits per heavy atom. The van der Waals surface area contributed by atoms with Crippen molar-refractivity contribution >= 4 is 16.9 Å². The number of fused-ring (bicyclic) bond motifs is 1. The van der Waals surface area contributed by atoms with Gasteiger partial charge in [0.2, 0.25) is 0 Å². The summed E-state index contributed by atoms with van der Waals surface area (Å²) >= 11 is 0. The first-order valence-corrected chi connectivity index (χ1v) is 6.13. The van der Waals surface area contributed by atoms with E-state index in [1.54, 1.807) is 6.20 Å². The van der Waals surface area contributed by atoms with Gasteiger partial charge < -0.3 is 14.4 Å². The number of nitrogens with zero attached hydrogens (tertiary/aromatic N) is 1. The number of carboxylic acid groups (broad SMARTS) is 1. The number of hydrogen-bond donors (Lipinski definition) is 1. The zero-order chi connectivity index (χ0) is 13.0. The molecule has 2 aromatic rings. The Morgan fingerprint density at radius 2 is 2.11 bits per heavy atom. The molecule has 0 atom stereocenters. The molecule has 0 saturated heterocycles. The average Bonchev–Trinajstić information content (AvgIpc) is 2.74. The second-order valence-corrected chi connectivity index (χ2v) is 4.17. The molecule has 0 saturated carbocycles. The lowest BCUT2D eigenvalue weighted by Crippen LogP contribution is -2.05. The first kappa shape index (κ1) is 12.6. The van der Waals surface area contributed by atoms with Crippen LogP contribution in [0.2, 0.25) is 0 Å². The van der Waals surface area contributed by atoms with Gasteiger partial charge >= 0.3 is 5.97 Å². The molecular weight excluding hydrogens is 230 g/mol. The predicted octanol–water partition coefficient (Wildman–Crippen LogP) is 2.77. The van der Waals surface area contributed by atoms with Crippen LogP contribution in [0.3, 0.4) is 0 Å². The molecule has 1 aromatic heterocycles. The Morgan fingerprint density at radius 1 is 1.33 bits per heavy atom. The summed E-state index contributed by atoms with van der Waals surface area (Å²) in [5, 5.41) is 9.94. The van der Waals surface area contributed by atoms with E-state index in [1.807, 2.05) is 28.8 Å². The van der Waals surface area contributed by atoms with Crippen molar-refractivity contribution in [3.63, 3.8) is 0 Å². The Labute approximate surface area is 106 Å². The second-order valence-electron chi connectivity index (χ2n) is 4.17. The molecule has 0 fully saturated rings. The van der Waals surface area contributed by atoms with E-state index in [2.05, 4.69) is 6.92 Å². The number of hydrogen-bond acceptors (Lipinski definition) is 2. The average molecular weight is 247 g/mol. The van der Waals surface area contributed by atoms with Crippen LogP contribution in [0, 0.1) is 0 Å². The molecule has 0 aliphatic heterocycles. The van der Waals surface area contributed by atoms with Gasteiger partial charge in [-0.25, -0.2) is 4.79 Å². The van der Waals surface area contributed by atoms with Crippen molar-refractivity contribution in [3.05, 3.63) is 36.0 Å². The zero-order valence-corrected chi connectivity index (χ0v) is 10.4. The monoisotopic (exact) mass is 247 g/mol. The van der Waals surface area contributed by atoms with E-state index in [0.29, 0.717) is 18.7 Å². The van der Waals surface area contributed by atoms with E-state index in [0.717, 1.165) is 23.9 Å². The molecular formula is C14H17NO3. The maximum atomic E-state index is 11.2. The Bertz CT molecular complexity index is 545. The van der Waals surface area contributed by atoms with Gasteiger partial charge in [-0.1, -0.05) is 25.1 Å². The maximum Gasteiger partial charge on any atom is 0.337 e. The highest BCUT2D eigenvalue weighted by Gasteiger charge is 2.13. The van der Waals surface area contributed by atoms with Crippen LogP contribution in [0.5, 0.6) is 0 Å². The molecule has 0 aliphatic carbocycles. The van der Waals surface area contributed by atoms with Crippen LogP contribution in [-0.2, 0) is 11.3 Å². The van der Waals surface area contributed by atoms with Gasteiger partial charge in [0.15, 0.2) is 0 Å². The van der Waals surface area contributed by atoms with Crippen LogP contribution in [0.4, 0.5) is 0 Å². The summed E-state index contributed by atoms with van der Waals surface area (Å²) in [7, 11) is 0. The first-order valence-electron chi connectivity index (χ1n) is 6.13. The summed E-state index contributed by atoms with van der Waals surface area (Å²) in [6, 6.07) is 7.54. The van der Waals surface area contributed by atoms with Crippen LogP contribution in [0.15, 0.2) is 30.5 Å². The van der Waals surface area contributed by atoms with Gasteiger partial charge in [0.25, 0.3) is 0 Å². The van der Waals surface area contributed by atoms with E-state index in [-0.39, 0.29) is 0 Å². The lowest BCUT2D eigenvalue weighted by molar-refractivity contribution is 0.0698. The molecule has 1 aromatic carbocycles. The van der Waals surface area contributed by atoms with E-state index in [9.17, 15) is 4.79 Å². The van der Waals surface area contributed by atoms with Crippen LogP contribution in [0.1, 0.15) is 23.7 Å². The summed E-state index contributed by atoms with van der Waals surface area (Å²) in [5.41, 5.74) is 1.29. The number of benzene rings is 1. The van der Waals surface area contributed by atoms with E-state index >= 15 is 0 Å². The highest BCUT2D eigenvalue weighted by Crippen LogP contribution is 2.21. The van der Waals surface area contributed by atoms with Gasteiger partial charge in [-0.05, 0) is 12.5 Å². The fraction of sp³-hybridized carbons (Fsp3) is 0.357. The third kappa shape index (κ3) is 2.54. The van der Waals surface area contributed by atoms with Crippen molar-refractivity contribution in [1.29, 1.82) is 0 Å². The SMILES string of the molecule is CCCOCCn1cc(C(=O)O)c2ccccc21. The summed E-state index contributed by atoms with van der Waals surface area (Å²) in [4.78, 5) is 11.2. The largest absolute Gasteiger partial charge is 0.478 e. The third-order valence-electron chi connectivity index (χ3n) is 2.84. The van der Waals surface area contributed by atoms with Crippen LogP contribution < -0.4 is 0 Å². The van der Waals surface area contributed by atoms with Crippen molar-refractivity contribution < 1.29 is 14.6 Å². The summed E-state index contributed by atoms with van der Waals surface area (Å²) in [6.07, 6.45) is 2.68. The molecule has 0 unspecified atom stereocenters. The molecule has 0 bridgehead atoms. The van der Waals surface area contributed by atoms with Crippen molar-refractivity contribution in [2.24, 2.45) is 0 Å². The third-order valence-corrected chi connectivity index (χ3v) is 2.84. The fourth-order valence-electron chi connectivity index (χ4n) is 2.01. The van der Waals surface area contributed by atoms with Crippen LogP contribution >= 0.6 is 0 Å². The van der Waals surface area contributed by atoms with Gasteiger partial charge in [-0.2, -0.15) is 0 Å². The summed E-state index contributed by atoms with van der Waals surface area (Å²) < 4.78 is 7.38. The van der Waals surface area contributed by atoms with Crippen molar-refractivity contribution in [2.45, 2.75) is 19.9 Å². The molecule has 0 spiro atoms. The van der Waals surface area contributed by atoms with Gasteiger partial charge in [-0.3, -0.25) is 0 Å². The second kappa shape index (κ2) is 5.69. The molecule has 1 N–H and O–H groups in total. The minimum Gasteiger partial charge on any atom is -0.478 e. The van der Waals surface area contributed by atoms with Crippen molar-refractivity contribution in [2.75, 3.05) is 13.2 Å². The summed E-state index contributed by atoms with van der Waals surface area (Å²) in [5.74, 6) is -0.889. The number of rotatable bonds is 6. The van der Waals surface area contributed by atoms with Crippen molar-refractivity contribution in [3.8, 4) is 0 Å². The molecule has 0 amide bonds. The van der Waals surface area contributed by atoms with Gasteiger partial charge in [-0.15, -0.1) is 0 Å². The fourth-order valence-corrected chi connectivity index (χ4v) is 2.01. The quantitative estimate of drug-likeness (QED) is 0.798. The number of para-hydroxylation sites is 1. The first-order chi connectivity index (χ1) is 8.74. The smallest absolute Gasteiger partial charge is 0.337 e. The van der Waals surface area contributed by atoms with Crippen molar-refractivity contribution in [1.82, 2.24) is 4.57 Å². The minimum atomic E-state index is -0.889. The van der Waals surface area contributed by atoms with Gasteiger partial charge in [0.1, 0.15) is 0 Å². The highest BCUT2D eigenvalue weighted by molar-refractivity contribution is 6.03. The highest BCUT2D eigenvalue weighted by atomic mass is 16.5. The van der Waals surface area contributed by atoms with E-state index in [1.165, 1.54) is 0 Å². The zero-order valence-electron chi connectivity index (χ0n) is 10.4. The van der Waals surface area contributed by atoms with E-state index in [4.69, 9.17) is 9.84 Å². The standard InChI is InChI=1S/C14H17NO3/c1-2-8-18-9-7-15-10-12(14(16)17)11-5-3-4-6-13(11)15/h3-6,10H,2,7-9H2,1H3,(H,16,17). The Balaban J connectivity index is 2.24. The Kier molecular flexibility index (Phi) is 3.99. The molecule has 2 rings (SSSR count). The Hall–Kier alpha value is -1.81. The number of aromatic carboxylic acids is 1. The number of ether oxygens (including phenoxy) is 1. The van der Waals surface area contributed by atoms with E-state index < -0.39 is 5.97 Å². The van der Waals surface area contributed by atoms with Gasteiger partial charge in [0.05, 0.1) is 12.2 Å². The maximum absolute atomic E-state index is 11.2. The van der Waals surface area contributed by atoms with Crippen LogP contribution in [-0.4, -0.2) is 28.9 Å². The lowest BCUT2D eigenvalue weighted by Gasteiger charge is -2.05. The normalized spacial score (nSPS) is 10.9. The van der Waals surface area contributed by atoms with Gasteiger partial charge in [0, 0.05) is 30.3 Å². The lowest BCUT2D eigenvalue weighted by atomic mass is 10.2. The molecule has 96 valence electrons. The van der Waals surface area contributed by atoms with Crippen LogP contribution in [0.25, 0.3) is 10.9 Å². The molecule has 0 aliphatic rings. The topological polar surface area (TPSA) is 51.5 Å². The molecule has 4 nitrogen and oxygen atoms in total. The number of aromatic nitrogens is 1. The molecule has 0 radical (unpaired) electrons. The molecule has 1 heterocycles. The number of carbonyl (C=O) groups is 1. The minimum absolute atomic E-state index is 0.348.